The molecule has 0 aliphatic rings. The fourth-order valence-electron chi connectivity index (χ4n) is 1.12. The summed E-state index contributed by atoms with van der Waals surface area (Å²) in [6.07, 6.45) is 2.55. The normalized spacial score (nSPS) is 10.4. The Labute approximate surface area is 95.0 Å². The van der Waals surface area contributed by atoms with E-state index in [0.717, 1.165) is 5.75 Å². The van der Waals surface area contributed by atoms with Gasteiger partial charge >= 0.3 is 0 Å². The van der Waals surface area contributed by atoms with Gasteiger partial charge in [0.05, 0.1) is 10.7 Å². The molecule has 0 saturated heterocycles. The van der Waals surface area contributed by atoms with Crippen LogP contribution >= 0.6 is 23.4 Å². The Hall–Kier alpha value is -0.340. The van der Waals surface area contributed by atoms with Gasteiger partial charge in [0, 0.05) is 5.75 Å². The van der Waals surface area contributed by atoms with E-state index in [2.05, 4.69) is 6.92 Å². The SMILES string of the molecule is CCCCSCc1ccc(Cl)c(N)c1. The van der Waals surface area contributed by atoms with E-state index in [-0.39, 0.29) is 0 Å². The van der Waals surface area contributed by atoms with Crippen LogP contribution in [0, 0.1) is 0 Å². The molecular formula is C11H16ClNS. The van der Waals surface area contributed by atoms with Crippen LogP contribution in [-0.4, -0.2) is 5.75 Å². The molecule has 0 saturated carbocycles. The van der Waals surface area contributed by atoms with Gasteiger partial charge in [-0.2, -0.15) is 11.8 Å². The molecule has 1 aromatic rings. The lowest BCUT2D eigenvalue weighted by atomic mass is 10.2. The van der Waals surface area contributed by atoms with Gasteiger partial charge in [-0.15, -0.1) is 0 Å². The second-order valence-corrected chi connectivity index (χ2v) is 4.77. The van der Waals surface area contributed by atoms with Gasteiger partial charge in [0.1, 0.15) is 0 Å². The van der Waals surface area contributed by atoms with E-state index in [0.29, 0.717) is 10.7 Å². The maximum atomic E-state index is 5.83. The summed E-state index contributed by atoms with van der Waals surface area (Å²) in [7, 11) is 0. The minimum absolute atomic E-state index is 0.646. The first-order valence-electron chi connectivity index (χ1n) is 4.85. The molecule has 0 radical (unpaired) electrons. The van der Waals surface area contributed by atoms with Crippen molar-refractivity contribution in [2.24, 2.45) is 0 Å². The Morgan fingerprint density at radius 2 is 2.21 bits per heavy atom. The average Bonchev–Trinajstić information content (AvgIpc) is 2.18. The van der Waals surface area contributed by atoms with Gasteiger partial charge in [-0.3, -0.25) is 0 Å². The highest BCUT2D eigenvalue weighted by Gasteiger charge is 1.98. The summed E-state index contributed by atoms with van der Waals surface area (Å²) in [4.78, 5) is 0. The number of thioether (sulfide) groups is 1. The van der Waals surface area contributed by atoms with Crippen molar-refractivity contribution in [2.45, 2.75) is 25.5 Å². The zero-order chi connectivity index (χ0) is 10.4. The lowest BCUT2D eigenvalue weighted by Gasteiger charge is -2.03. The molecule has 0 aliphatic carbocycles. The molecule has 0 aliphatic heterocycles. The molecule has 0 fully saturated rings. The van der Waals surface area contributed by atoms with Crippen molar-refractivity contribution in [3.05, 3.63) is 28.8 Å². The predicted molar refractivity (Wildman–Crippen MR) is 66.9 cm³/mol. The number of rotatable bonds is 5. The Morgan fingerprint density at radius 3 is 2.86 bits per heavy atom. The molecule has 3 heteroatoms. The summed E-state index contributed by atoms with van der Waals surface area (Å²) in [5.41, 5.74) is 7.65. The Balaban J connectivity index is 2.39. The van der Waals surface area contributed by atoms with Gasteiger partial charge in [0.25, 0.3) is 0 Å². The molecule has 1 aromatic carbocycles. The van der Waals surface area contributed by atoms with Crippen molar-refractivity contribution >= 4 is 29.1 Å². The molecule has 0 bridgehead atoms. The highest BCUT2D eigenvalue weighted by atomic mass is 35.5. The lowest BCUT2D eigenvalue weighted by molar-refractivity contribution is 0.896. The van der Waals surface area contributed by atoms with Gasteiger partial charge in [-0.05, 0) is 29.9 Å². The van der Waals surface area contributed by atoms with Gasteiger partial charge in [0.2, 0.25) is 0 Å². The number of halogens is 1. The molecule has 0 atom stereocenters. The molecule has 2 N–H and O–H groups in total. The van der Waals surface area contributed by atoms with Crippen LogP contribution in [0.15, 0.2) is 18.2 Å². The monoisotopic (exact) mass is 229 g/mol. The highest BCUT2D eigenvalue weighted by molar-refractivity contribution is 7.98. The first kappa shape index (κ1) is 11.7. The summed E-state index contributed by atoms with van der Waals surface area (Å²) in [5.74, 6) is 2.25. The third-order valence-corrected chi connectivity index (χ3v) is 3.43. The average molecular weight is 230 g/mol. The molecule has 14 heavy (non-hydrogen) atoms. The molecule has 0 amide bonds. The van der Waals surface area contributed by atoms with E-state index in [9.17, 15) is 0 Å². The van der Waals surface area contributed by atoms with Gasteiger partial charge < -0.3 is 5.73 Å². The number of hydrogen-bond acceptors (Lipinski definition) is 2. The van der Waals surface area contributed by atoms with E-state index >= 15 is 0 Å². The van der Waals surface area contributed by atoms with Crippen LogP contribution in [0.3, 0.4) is 0 Å². The standard InChI is InChI=1S/C11H16ClNS/c1-2-3-6-14-8-9-4-5-10(12)11(13)7-9/h4-5,7H,2-3,6,8,13H2,1H3. The van der Waals surface area contributed by atoms with Crippen molar-refractivity contribution in [2.75, 3.05) is 11.5 Å². The highest BCUT2D eigenvalue weighted by Crippen LogP contribution is 2.22. The third-order valence-electron chi connectivity index (χ3n) is 1.97. The van der Waals surface area contributed by atoms with Crippen LogP contribution in [0.5, 0.6) is 0 Å². The van der Waals surface area contributed by atoms with Crippen molar-refractivity contribution in [1.29, 1.82) is 0 Å². The van der Waals surface area contributed by atoms with Crippen molar-refractivity contribution in [3.63, 3.8) is 0 Å². The Bertz CT molecular complexity index is 289. The molecule has 1 rings (SSSR count). The van der Waals surface area contributed by atoms with Crippen molar-refractivity contribution in [3.8, 4) is 0 Å². The van der Waals surface area contributed by atoms with Crippen molar-refractivity contribution < 1.29 is 0 Å². The fourth-order valence-corrected chi connectivity index (χ4v) is 2.29. The maximum absolute atomic E-state index is 5.83. The van der Waals surface area contributed by atoms with Gasteiger partial charge in [-0.25, -0.2) is 0 Å². The summed E-state index contributed by atoms with van der Waals surface area (Å²) >= 11 is 7.78. The molecule has 0 heterocycles. The zero-order valence-electron chi connectivity index (χ0n) is 8.42. The largest absolute Gasteiger partial charge is 0.398 e. The van der Waals surface area contributed by atoms with E-state index in [4.69, 9.17) is 17.3 Å². The number of anilines is 1. The molecule has 78 valence electrons. The quantitative estimate of drug-likeness (QED) is 0.611. The summed E-state index contributed by atoms with van der Waals surface area (Å²) in [6, 6.07) is 5.87. The van der Waals surface area contributed by atoms with Crippen LogP contribution in [0.4, 0.5) is 5.69 Å². The van der Waals surface area contributed by atoms with E-state index in [1.165, 1.54) is 24.2 Å². The van der Waals surface area contributed by atoms with E-state index < -0.39 is 0 Å². The minimum atomic E-state index is 0.646. The molecule has 1 nitrogen and oxygen atoms in total. The Morgan fingerprint density at radius 1 is 1.43 bits per heavy atom. The second-order valence-electron chi connectivity index (χ2n) is 3.26. The molecule has 0 aromatic heterocycles. The number of hydrogen-bond donors (Lipinski definition) is 1. The fraction of sp³-hybridized carbons (Fsp3) is 0.455. The zero-order valence-corrected chi connectivity index (χ0v) is 10.00. The van der Waals surface area contributed by atoms with E-state index in [1.54, 1.807) is 0 Å². The van der Waals surface area contributed by atoms with Crippen molar-refractivity contribution in [1.82, 2.24) is 0 Å². The number of benzene rings is 1. The lowest BCUT2D eigenvalue weighted by Crippen LogP contribution is -1.89. The van der Waals surface area contributed by atoms with Crippen LogP contribution in [-0.2, 0) is 5.75 Å². The molecule has 0 spiro atoms. The van der Waals surface area contributed by atoms with Gasteiger partial charge in [-0.1, -0.05) is 31.0 Å². The third kappa shape index (κ3) is 3.81. The minimum Gasteiger partial charge on any atom is -0.398 e. The topological polar surface area (TPSA) is 26.0 Å². The van der Waals surface area contributed by atoms with Crippen LogP contribution in [0.1, 0.15) is 25.3 Å². The first-order valence-corrected chi connectivity index (χ1v) is 6.39. The first-order chi connectivity index (χ1) is 6.74. The summed E-state index contributed by atoms with van der Waals surface area (Å²) < 4.78 is 0. The van der Waals surface area contributed by atoms with Crippen LogP contribution in [0.25, 0.3) is 0 Å². The van der Waals surface area contributed by atoms with Crippen LogP contribution in [0.2, 0.25) is 5.02 Å². The van der Waals surface area contributed by atoms with E-state index in [1.807, 2.05) is 30.0 Å². The Kier molecular flexibility index (Phi) is 5.20. The summed E-state index contributed by atoms with van der Waals surface area (Å²) in [5, 5.41) is 0.646. The predicted octanol–water partition coefficient (Wildman–Crippen LogP) is 3.96. The molecule has 0 unspecified atom stereocenters. The number of nitrogens with two attached hydrogens (primary N) is 1. The smallest absolute Gasteiger partial charge is 0.0635 e. The maximum Gasteiger partial charge on any atom is 0.0635 e. The second kappa shape index (κ2) is 6.20. The number of nitrogen functional groups attached to an aromatic ring is 1. The molecular weight excluding hydrogens is 214 g/mol. The summed E-state index contributed by atoms with van der Waals surface area (Å²) in [6.45, 7) is 2.21. The number of unbranched alkanes of at least 4 members (excludes halogenated alkanes) is 1. The van der Waals surface area contributed by atoms with Gasteiger partial charge in [0.15, 0.2) is 0 Å². The van der Waals surface area contributed by atoms with Crippen LogP contribution < -0.4 is 5.73 Å².